The van der Waals surface area contributed by atoms with E-state index in [9.17, 15) is 4.79 Å². The maximum absolute atomic E-state index is 11.4. The lowest BCUT2D eigenvalue weighted by Crippen LogP contribution is -2.13. The van der Waals surface area contributed by atoms with Crippen molar-refractivity contribution in [3.63, 3.8) is 0 Å². The number of thiophene rings is 1. The van der Waals surface area contributed by atoms with Gasteiger partial charge in [0.2, 0.25) is 0 Å². The van der Waals surface area contributed by atoms with E-state index in [-0.39, 0.29) is 0 Å². The fourth-order valence-corrected chi connectivity index (χ4v) is 3.83. The predicted molar refractivity (Wildman–Crippen MR) is 63.2 cm³/mol. The molecule has 76 valence electrons. The molecule has 0 bridgehead atoms. The molecule has 2 rings (SSSR count). The molecule has 1 unspecified atom stereocenters. The molecule has 1 aromatic rings. The first kappa shape index (κ1) is 10.2. The minimum Gasteiger partial charge on any atom is -0.298 e. The Hall–Kier alpha value is -0.280. The molecule has 1 saturated heterocycles. The first-order valence-corrected chi connectivity index (χ1v) is 6.94. The summed E-state index contributed by atoms with van der Waals surface area (Å²) in [5.41, 5.74) is 0. The van der Waals surface area contributed by atoms with E-state index in [2.05, 4.69) is 19.1 Å². The van der Waals surface area contributed by atoms with Crippen LogP contribution in [0.5, 0.6) is 0 Å². The van der Waals surface area contributed by atoms with Crippen molar-refractivity contribution >= 4 is 28.9 Å². The third kappa shape index (κ3) is 2.20. The third-order valence-electron chi connectivity index (χ3n) is 2.53. The highest BCUT2D eigenvalue weighted by atomic mass is 32.2. The van der Waals surface area contributed by atoms with Gasteiger partial charge in [0.15, 0.2) is 0 Å². The van der Waals surface area contributed by atoms with Gasteiger partial charge >= 0.3 is 0 Å². The van der Waals surface area contributed by atoms with Crippen molar-refractivity contribution in [3.05, 3.63) is 21.9 Å². The van der Waals surface area contributed by atoms with Crippen molar-refractivity contribution in [2.75, 3.05) is 11.5 Å². The van der Waals surface area contributed by atoms with E-state index in [0.29, 0.717) is 11.7 Å². The maximum Gasteiger partial charge on any atom is 0.146 e. The first-order chi connectivity index (χ1) is 6.79. The van der Waals surface area contributed by atoms with Gasteiger partial charge in [0.05, 0.1) is 5.75 Å². The molecule has 0 saturated carbocycles. The Balaban J connectivity index is 1.99. The Morgan fingerprint density at radius 2 is 2.21 bits per heavy atom. The van der Waals surface area contributed by atoms with Crippen LogP contribution in [0.25, 0.3) is 0 Å². The van der Waals surface area contributed by atoms with Gasteiger partial charge in [-0.05, 0) is 25.0 Å². The lowest BCUT2D eigenvalue weighted by atomic mass is 10.0. The van der Waals surface area contributed by atoms with Crippen molar-refractivity contribution in [1.29, 1.82) is 0 Å². The van der Waals surface area contributed by atoms with Gasteiger partial charge in [0.25, 0.3) is 0 Å². The zero-order valence-electron chi connectivity index (χ0n) is 8.29. The molecule has 1 aliphatic heterocycles. The number of aryl methyl sites for hydroxylation is 1. The SMILES string of the molecule is CCc1ccc(CC2CSCC2=O)s1. The Morgan fingerprint density at radius 3 is 2.79 bits per heavy atom. The molecule has 1 aromatic heterocycles. The zero-order valence-corrected chi connectivity index (χ0v) is 9.92. The van der Waals surface area contributed by atoms with Crippen LogP contribution in [0.2, 0.25) is 0 Å². The highest BCUT2D eigenvalue weighted by Gasteiger charge is 2.25. The highest BCUT2D eigenvalue weighted by molar-refractivity contribution is 8.00. The van der Waals surface area contributed by atoms with E-state index < -0.39 is 0 Å². The van der Waals surface area contributed by atoms with Crippen LogP contribution in [0.4, 0.5) is 0 Å². The predicted octanol–water partition coefficient (Wildman–Crippen LogP) is 2.79. The van der Waals surface area contributed by atoms with E-state index in [4.69, 9.17) is 0 Å². The molecule has 1 nitrogen and oxygen atoms in total. The number of carbonyl (C=O) groups is 1. The van der Waals surface area contributed by atoms with Gasteiger partial charge in [-0.25, -0.2) is 0 Å². The summed E-state index contributed by atoms with van der Waals surface area (Å²) >= 11 is 3.64. The second-order valence-corrected chi connectivity index (χ2v) is 5.89. The van der Waals surface area contributed by atoms with Crippen molar-refractivity contribution in [3.8, 4) is 0 Å². The van der Waals surface area contributed by atoms with Crippen molar-refractivity contribution in [2.24, 2.45) is 5.92 Å². The molecule has 0 aromatic carbocycles. The summed E-state index contributed by atoms with van der Waals surface area (Å²) in [7, 11) is 0. The second kappa shape index (κ2) is 4.49. The number of ketones is 1. The fraction of sp³-hybridized carbons (Fsp3) is 0.545. The number of hydrogen-bond acceptors (Lipinski definition) is 3. The van der Waals surface area contributed by atoms with Gasteiger partial charge in [-0.2, -0.15) is 11.8 Å². The Labute approximate surface area is 92.9 Å². The molecule has 0 amide bonds. The lowest BCUT2D eigenvalue weighted by Gasteiger charge is -2.03. The van der Waals surface area contributed by atoms with E-state index in [1.165, 1.54) is 9.75 Å². The second-order valence-electron chi connectivity index (χ2n) is 3.60. The van der Waals surface area contributed by atoms with Crippen LogP contribution in [0.1, 0.15) is 16.7 Å². The topological polar surface area (TPSA) is 17.1 Å². The molecule has 3 heteroatoms. The zero-order chi connectivity index (χ0) is 9.97. The van der Waals surface area contributed by atoms with Crippen LogP contribution in [-0.4, -0.2) is 17.3 Å². The molecule has 2 heterocycles. The Kier molecular flexibility index (Phi) is 3.29. The Morgan fingerprint density at radius 1 is 1.43 bits per heavy atom. The van der Waals surface area contributed by atoms with Crippen molar-refractivity contribution in [1.82, 2.24) is 0 Å². The first-order valence-electron chi connectivity index (χ1n) is 4.97. The molecule has 0 N–H and O–H groups in total. The smallest absolute Gasteiger partial charge is 0.146 e. The number of Topliss-reactive ketones (excluding diaryl/α,β-unsaturated/α-hetero) is 1. The minimum absolute atomic E-state index is 0.295. The van der Waals surface area contributed by atoms with Crippen molar-refractivity contribution < 1.29 is 4.79 Å². The molecular weight excluding hydrogens is 212 g/mol. The van der Waals surface area contributed by atoms with Gasteiger partial charge < -0.3 is 0 Å². The van der Waals surface area contributed by atoms with Gasteiger partial charge in [0.1, 0.15) is 5.78 Å². The van der Waals surface area contributed by atoms with E-state index in [0.717, 1.165) is 24.3 Å². The van der Waals surface area contributed by atoms with Crippen LogP contribution < -0.4 is 0 Å². The summed E-state index contributed by atoms with van der Waals surface area (Å²) in [6, 6.07) is 4.37. The summed E-state index contributed by atoms with van der Waals surface area (Å²) < 4.78 is 0. The van der Waals surface area contributed by atoms with E-state index in [1.54, 1.807) is 11.8 Å². The van der Waals surface area contributed by atoms with Gasteiger partial charge in [-0.1, -0.05) is 6.92 Å². The normalized spacial score (nSPS) is 21.8. The quantitative estimate of drug-likeness (QED) is 0.788. The number of carbonyl (C=O) groups excluding carboxylic acids is 1. The molecule has 14 heavy (non-hydrogen) atoms. The molecule has 1 aliphatic rings. The van der Waals surface area contributed by atoms with E-state index in [1.807, 2.05) is 11.3 Å². The van der Waals surface area contributed by atoms with Gasteiger partial charge in [-0.3, -0.25) is 4.79 Å². The Bertz CT molecular complexity index is 330. The van der Waals surface area contributed by atoms with Crippen LogP contribution in [0.3, 0.4) is 0 Å². The largest absolute Gasteiger partial charge is 0.298 e. The summed E-state index contributed by atoms with van der Waals surface area (Å²) in [5, 5.41) is 0. The van der Waals surface area contributed by atoms with Gasteiger partial charge in [-0.15, -0.1) is 11.3 Å². The van der Waals surface area contributed by atoms with E-state index >= 15 is 0 Å². The number of rotatable bonds is 3. The lowest BCUT2D eigenvalue weighted by molar-refractivity contribution is -0.119. The number of hydrogen-bond donors (Lipinski definition) is 0. The minimum atomic E-state index is 0.295. The van der Waals surface area contributed by atoms with Crippen LogP contribution >= 0.6 is 23.1 Å². The molecule has 0 spiro atoms. The monoisotopic (exact) mass is 226 g/mol. The van der Waals surface area contributed by atoms with Crippen LogP contribution in [0, 0.1) is 5.92 Å². The number of thioether (sulfide) groups is 1. The molecular formula is C11H14OS2. The molecule has 1 fully saturated rings. The molecule has 0 aliphatic carbocycles. The fourth-order valence-electron chi connectivity index (χ4n) is 1.65. The average molecular weight is 226 g/mol. The van der Waals surface area contributed by atoms with Crippen LogP contribution in [-0.2, 0) is 17.6 Å². The maximum atomic E-state index is 11.4. The summed E-state index contributed by atoms with van der Waals surface area (Å²) in [5.74, 6) is 2.50. The third-order valence-corrected chi connectivity index (χ3v) is 4.91. The average Bonchev–Trinajstić information content (AvgIpc) is 2.77. The standard InChI is InChI=1S/C11H14OS2/c1-2-9-3-4-10(14-9)5-8-6-13-7-11(8)12/h3-4,8H,2,5-7H2,1H3. The summed E-state index contributed by atoms with van der Waals surface area (Å²) in [6.45, 7) is 2.17. The summed E-state index contributed by atoms with van der Waals surface area (Å²) in [6.07, 6.45) is 2.08. The van der Waals surface area contributed by atoms with Gasteiger partial charge in [0, 0.05) is 21.4 Å². The molecule has 0 radical (unpaired) electrons. The highest BCUT2D eigenvalue weighted by Crippen LogP contribution is 2.27. The van der Waals surface area contributed by atoms with Crippen molar-refractivity contribution in [2.45, 2.75) is 19.8 Å². The summed E-state index contributed by atoms with van der Waals surface area (Å²) in [4.78, 5) is 14.2. The van der Waals surface area contributed by atoms with Crippen LogP contribution in [0.15, 0.2) is 12.1 Å². The molecule has 1 atom stereocenters.